The molecule has 0 unspecified atom stereocenters. The molecule has 142 valence electrons. The summed E-state index contributed by atoms with van der Waals surface area (Å²) in [6, 6.07) is 39.2. The molecule has 0 aliphatic rings. The summed E-state index contributed by atoms with van der Waals surface area (Å²) in [5.41, 5.74) is 5.28. The first kappa shape index (κ1) is 17.6. The van der Waals surface area contributed by atoms with Gasteiger partial charge in [0.25, 0.3) is 0 Å². The molecule has 0 nitrogen and oxygen atoms in total. The van der Waals surface area contributed by atoms with E-state index >= 15 is 0 Å². The van der Waals surface area contributed by atoms with Crippen LogP contribution in [0.4, 0.5) is 0 Å². The van der Waals surface area contributed by atoms with Crippen LogP contribution in [0, 0.1) is 0 Å². The summed E-state index contributed by atoms with van der Waals surface area (Å²) in [6.07, 6.45) is 0. The SMILES string of the molecule is c1ccc(-c2sc3ccccc3c2-c2c(-c3ccccc3)sc3ccccc23)cc1. The Bertz CT molecular complexity index is 1360. The summed E-state index contributed by atoms with van der Waals surface area (Å²) in [5.74, 6) is 0. The van der Waals surface area contributed by atoms with Gasteiger partial charge in [-0.3, -0.25) is 0 Å². The molecular formula is C28H18S2. The summed E-state index contributed by atoms with van der Waals surface area (Å²) >= 11 is 3.78. The predicted molar refractivity (Wildman–Crippen MR) is 134 cm³/mol. The standard InChI is InChI=1S/C28H18S2/c1-3-11-19(12-4-1)27-25(21-15-7-9-17-23(21)29-27)26-22-16-8-10-18-24(22)30-28(26)20-13-5-2-6-14-20/h1-18H. The lowest BCUT2D eigenvalue weighted by molar-refractivity contribution is 1.68. The van der Waals surface area contributed by atoms with Crippen LogP contribution in [0.25, 0.3) is 52.2 Å². The van der Waals surface area contributed by atoms with Crippen LogP contribution in [0.2, 0.25) is 0 Å². The van der Waals surface area contributed by atoms with Crippen molar-refractivity contribution in [3.05, 3.63) is 109 Å². The topological polar surface area (TPSA) is 0 Å². The fourth-order valence-electron chi connectivity index (χ4n) is 4.17. The van der Waals surface area contributed by atoms with Gasteiger partial charge in [-0.1, -0.05) is 97.1 Å². The van der Waals surface area contributed by atoms with Crippen molar-refractivity contribution in [2.24, 2.45) is 0 Å². The van der Waals surface area contributed by atoms with E-state index in [1.165, 1.54) is 52.2 Å². The van der Waals surface area contributed by atoms with E-state index in [4.69, 9.17) is 0 Å². The van der Waals surface area contributed by atoms with Gasteiger partial charge in [0.2, 0.25) is 0 Å². The van der Waals surface area contributed by atoms with Crippen LogP contribution in [-0.4, -0.2) is 0 Å². The molecule has 0 N–H and O–H groups in total. The van der Waals surface area contributed by atoms with E-state index in [1.54, 1.807) is 0 Å². The molecule has 0 saturated heterocycles. The van der Waals surface area contributed by atoms with Crippen molar-refractivity contribution in [2.75, 3.05) is 0 Å². The van der Waals surface area contributed by atoms with Crippen molar-refractivity contribution in [1.29, 1.82) is 0 Å². The summed E-state index contributed by atoms with van der Waals surface area (Å²) in [5, 5.41) is 2.67. The van der Waals surface area contributed by atoms with Crippen LogP contribution in [-0.2, 0) is 0 Å². The molecule has 2 heterocycles. The molecule has 2 heteroatoms. The summed E-state index contributed by atoms with van der Waals surface area (Å²) in [6.45, 7) is 0. The lowest BCUT2D eigenvalue weighted by atomic mass is 9.94. The highest BCUT2D eigenvalue weighted by Gasteiger charge is 2.22. The maximum atomic E-state index is 2.27. The van der Waals surface area contributed by atoms with Crippen LogP contribution in [0.1, 0.15) is 0 Å². The molecule has 0 atom stereocenters. The van der Waals surface area contributed by atoms with Crippen molar-refractivity contribution >= 4 is 42.8 Å². The second kappa shape index (κ2) is 7.24. The summed E-state index contributed by atoms with van der Waals surface area (Å²) in [7, 11) is 0. The van der Waals surface area contributed by atoms with Crippen molar-refractivity contribution < 1.29 is 0 Å². The number of hydrogen-bond donors (Lipinski definition) is 0. The minimum atomic E-state index is 1.28. The smallest absolute Gasteiger partial charge is 0.0434 e. The monoisotopic (exact) mass is 418 g/mol. The zero-order valence-electron chi connectivity index (χ0n) is 16.2. The molecule has 6 rings (SSSR count). The van der Waals surface area contributed by atoms with Gasteiger partial charge in [-0.2, -0.15) is 0 Å². The molecule has 30 heavy (non-hydrogen) atoms. The summed E-state index contributed by atoms with van der Waals surface area (Å²) < 4.78 is 2.67. The lowest BCUT2D eigenvalue weighted by Gasteiger charge is -2.09. The minimum absolute atomic E-state index is 1.28. The Hall–Kier alpha value is -3.20. The molecular weight excluding hydrogens is 400 g/mol. The van der Waals surface area contributed by atoms with Gasteiger partial charge < -0.3 is 0 Å². The normalized spacial score (nSPS) is 11.3. The number of rotatable bonds is 3. The molecule has 2 aromatic heterocycles. The highest BCUT2D eigenvalue weighted by molar-refractivity contribution is 7.24. The Labute approximate surface area is 183 Å². The van der Waals surface area contributed by atoms with E-state index in [2.05, 4.69) is 109 Å². The van der Waals surface area contributed by atoms with Crippen molar-refractivity contribution in [3.8, 4) is 32.0 Å². The highest BCUT2D eigenvalue weighted by Crippen LogP contribution is 2.52. The fraction of sp³-hybridized carbons (Fsp3) is 0. The van der Waals surface area contributed by atoms with Gasteiger partial charge in [-0.25, -0.2) is 0 Å². The first-order valence-electron chi connectivity index (χ1n) is 10.0. The molecule has 4 aromatic carbocycles. The highest BCUT2D eigenvalue weighted by atomic mass is 32.1. The Balaban J connectivity index is 1.77. The van der Waals surface area contributed by atoms with E-state index < -0.39 is 0 Å². The maximum absolute atomic E-state index is 2.27. The zero-order chi connectivity index (χ0) is 19.9. The number of thiophene rings is 2. The van der Waals surface area contributed by atoms with E-state index in [0.717, 1.165) is 0 Å². The van der Waals surface area contributed by atoms with Crippen LogP contribution in [0.15, 0.2) is 109 Å². The molecule has 0 aliphatic heterocycles. The Morgan fingerprint density at radius 1 is 0.367 bits per heavy atom. The second-order valence-electron chi connectivity index (χ2n) is 7.34. The van der Waals surface area contributed by atoms with Crippen molar-refractivity contribution in [3.63, 3.8) is 0 Å². The van der Waals surface area contributed by atoms with E-state index in [1.807, 2.05) is 22.7 Å². The van der Waals surface area contributed by atoms with Gasteiger partial charge in [0, 0.05) is 41.1 Å². The van der Waals surface area contributed by atoms with E-state index in [9.17, 15) is 0 Å². The molecule has 0 aliphatic carbocycles. The second-order valence-corrected chi connectivity index (χ2v) is 9.44. The molecule has 0 radical (unpaired) electrons. The first-order valence-corrected chi connectivity index (χ1v) is 11.7. The Morgan fingerprint density at radius 2 is 0.733 bits per heavy atom. The number of fused-ring (bicyclic) bond motifs is 2. The van der Waals surface area contributed by atoms with Gasteiger partial charge in [0.15, 0.2) is 0 Å². The van der Waals surface area contributed by atoms with Crippen LogP contribution in [0.5, 0.6) is 0 Å². The molecule has 0 saturated carbocycles. The molecule has 6 aromatic rings. The van der Waals surface area contributed by atoms with E-state index in [0.29, 0.717) is 0 Å². The summed E-state index contributed by atoms with van der Waals surface area (Å²) in [4.78, 5) is 2.69. The van der Waals surface area contributed by atoms with Crippen LogP contribution < -0.4 is 0 Å². The van der Waals surface area contributed by atoms with Gasteiger partial charge in [-0.15, -0.1) is 22.7 Å². The van der Waals surface area contributed by atoms with Gasteiger partial charge in [0.1, 0.15) is 0 Å². The lowest BCUT2D eigenvalue weighted by Crippen LogP contribution is -1.83. The quantitative estimate of drug-likeness (QED) is 0.269. The molecule has 0 spiro atoms. The van der Waals surface area contributed by atoms with Crippen LogP contribution in [0.3, 0.4) is 0 Å². The third-order valence-corrected chi connectivity index (χ3v) is 7.95. The molecule has 0 fully saturated rings. The largest absolute Gasteiger partial charge is 0.135 e. The zero-order valence-corrected chi connectivity index (χ0v) is 17.8. The average Bonchev–Trinajstić information content (AvgIpc) is 3.38. The Kier molecular flexibility index (Phi) is 4.26. The third kappa shape index (κ3) is 2.80. The first-order chi connectivity index (χ1) is 14.9. The fourth-order valence-corrected chi connectivity index (χ4v) is 6.60. The number of hydrogen-bond acceptors (Lipinski definition) is 2. The average molecular weight is 419 g/mol. The molecule has 0 amide bonds. The maximum Gasteiger partial charge on any atom is 0.0434 e. The van der Waals surface area contributed by atoms with Crippen LogP contribution >= 0.6 is 22.7 Å². The van der Waals surface area contributed by atoms with Gasteiger partial charge >= 0.3 is 0 Å². The molecule has 0 bridgehead atoms. The van der Waals surface area contributed by atoms with Crippen molar-refractivity contribution in [2.45, 2.75) is 0 Å². The van der Waals surface area contributed by atoms with Gasteiger partial charge in [-0.05, 0) is 23.3 Å². The predicted octanol–water partition coefficient (Wildman–Crippen LogP) is 9.12. The van der Waals surface area contributed by atoms with Gasteiger partial charge in [0.05, 0.1) is 0 Å². The Morgan fingerprint density at radius 3 is 1.17 bits per heavy atom. The van der Waals surface area contributed by atoms with Crippen molar-refractivity contribution in [1.82, 2.24) is 0 Å². The van der Waals surface area contributed by atoms with E-state index in [-0.39, 0.29) is 0 Å². The minimum Gasteiger partial charge on any atom is -0.135 e. The number of benzene rings is 4. The third-order valence-electron chi connectivity index (χ3n) is 5.51.